The Labute approximate surface area is 154 Å². The highest BCUT2D eigenvalue weighted by Gasteiger charge is 2.39. The van der Waals surface area contributed by atoms with Crippen LogP contribution in [0.2, 0.25) is 0 Å². The number of aromatic nitrogens is 2. The molecule has 6 heteroatoms. The van der Waals surface area contributed by atoms with Gasteiger partial charge < -0.3 is 9.80 Å². The summed E-state index contributed by atoms with van der Waals surface area (Å²) in [6.07, 6.45) is 13.4. The molecule has 0 bridgehead atoms. The smallest absolute Gasteiger partial charge is 0.225 e. The molecule has 1 aliphatic carbocycles. The van der Waals surface area contributed by atoms with Crippen LogP contribution in [0.4, 0.5) is 10.3 Å². The van der Waals surface area contributed by atoms with Crippen molar-refractivity contribution in [2.24, 2.45) is 5.92 Å². The average molecular weight is 358 g/mol. The molecule has 2 saturated heterocycles. The SMILES string of the molecule is O=C1CC[C@H]2CN(c3ncc(F)cn3)CC[C@H]2N1CCC1=CCCCC1. The third-order valence-corrected chi connectivity index (χ3v) is 6.09. The normalized spacial score (nSPS) is 26.5. The first-order chi connectivity index (χ1) is 12.7. The highest BCUT2D eigenvalue weighted by Crippen LogP contribution is 2.33. The van der Waals surface area contributed by atoms with E-state index in [1.165, 1.54) is 43.7 Å². The molecule has 140 valence electrons. The number of rotatable bonds is 4. The van der Waals surface area contributed by atoms with Gasteiger partial charge in [0.25, 0.3) is 0 Å². The van der Waals surface area contributed by atoms with Crippen molar-refractivity contribution >= 4 is 11.9 Å². The summed E-state index contributed by atoms with van der Waals surface area (Å²) in [4.78, 5) is 25.1. The molecule has 0 radical (unpaired) electrons. The minimum atomic E-state index is -0.407. The number of hydrogen-bond donors (Lipinski definition) is 0. The molecule has 0 aromatic carbocycles. The Kier molecular flexibility index (Phi) is 5.18. The van der Waals surface area contributed by atoms with Gasteiger partial charge in [-0.05, 0) is 50.9 Å². The van der Waals surface area contributed by atoms with Crippen molar-refractivity contribution in [1.82, 2.24) is 14.9 Å². The second-order valence-corrected chi connectivity index (χ2v) is 7.75. The summed E-state index contributed by atoms with van der Waals surface area (Å²) in [6, 6.07) is 0.331. The maximum atomic E-state index is 13.1. The van der Waals surface area contributed by atoms with Gasteiger partial charge in [0.15, 0.2) is 5.82 Å². The molecular formula is C20H27FN4O. The number of allylic oxidation sites excluding steroid dienone is 1. The molecule has 0 saturated carbocycles. The number of nitrogens with zero attached hydrogens (tertiary/aromatic N) is 4. The Morgan fingerprint density at radius 1 is 1.15 bits per heavy atom. The van der Waals surface area contributed by atoms with Gasteiger partial charge in [-0.3, -0.25) is 4.79 Å². The summed E-state index contributed by atoms with van der Waals surface area (Å²) in [5, 5.41) is 0. The molecule has 2 aliphatic heterocycles. The zero-order chi connectivity index (χ0) is 17.9. The predicted octanol–water partition coefficient (Wildman–Crippen LogP) is 3.32. The molecule has 3 aliphatic rings. The molecule has 0 unspecified atom stereocenters. The number of fused-ring (bicyclic) bond motifs is 1. The van der Waals surface area contributed by atoms with Crippen LogP contribution in [-0.4, -0.2) is 46.5 Å². The number of hydrogen-bond acceptors (Lipinski definition) is 4. The van der Waals surface area contributed by atoms with Crippen LogP contribution >= 0.6 is 0 Å². The third kappa shape index (κ3) is 3.74. The topological polar surface area (TPSA) is 49.3 Å². The fourth-order valence-electron chi connectivity index (χ4n) is 4.69. The Morgan fingerprint density at radius 3 is 2.77 bits per heavy atom. The van der Waals surface area contributed by atoms with Crippen LogP contribution in [-0.2, 0) is 4.79 Å². The lowest BCUT2D eigenvalue weighted by Gasteiger charge is -2.47. The van der Waals surface area contributed by atoms with Crippen LogP contribution in [0.15, 0.2) is 24.0 Å². The summed E-state index contributed by atoms with van der Waals surface area (Å²) in [7, 11) is 0. The van der Waals surface area contributed by atoms with E-state index >= 15 is 0 Å². The van der Waals surface area contributed by atoms with Crippen LogP contribution in [0.25, 0.3) is 0 Å². The molecule has 0 N–H and O–H groups in total. The Hall–Kier alpha value is -1.98. The summed E-state index contributed by atoms with van der Waals surface area (Å²) < 4.78 is 13.1. The molecule has 5 nitrogen and oxygen atoms in total. The van der Waals surface area contributed by atoms with E-state index < -0.39 is 5.82 Å². The van der Waals surface area contributed by atoms with Gasteiger partial charge in [0.1, 0.15) is 0 Å². The van der Waals surface area contributed by atoms with E-state index in [1.807, 2.05) is 0 Å². The lowest BCUT2D eigenvalue weighted by molar-refractivity contribution is -0.139. The predicted molar refractivity (Wildman–Crippen MR) is 98.2 cm³/mol. The van der Waals surface area contributed by atoms with Crippen LogP contribution in [0.1, 0.15) is 51.4 Å². The molecule has 3 heterocycles. The van der Waals surface area contributed by atoms with Gasteiger partial charge in [-0.15, -0.1) is 0 Å². The summed E-state index contributed by atoms with van der Waals surface area (Å²) in [6.45, 7) is 2.53. The highest BCUT2D eigenvalue weighted by atomic mass is 19.1. The van der Waals surface area contributed by atoms with E-state index in [9.17, 15) is 9.18 Å². The minimum absolute atomic E-state index is 0.314. The highest BCUT2D eigenvalue weighted by molar-refractivity contribution is 5.77. The van der Waals surface area contributed by atoms with Gasteiger partial charge in [0, 0.05) is 32.1 Å². The largest absolute Gasteiger partial charge is 0.340 e. The van der Waals surface area contributed by atoms with Crippen molar-refractivity contribution in [1.29, 1.82) is 0 Å². The van der Waals surface area contributed by atoms with Crippen molar-refractivity contribution < 1.29 is 9.18 Å². The molecule has 26 heavy (non-hydrogen) atoms. The standard InChI is InChI=1S/C20H27FN4O/c21-17-12-22-20(23-13-17)24-10-9-18-16(14-24)6-7-19(26)25(18)11-8-15-4-2-1-3-5-15/h4,12-13,16,18H,1-3,5-11,14H2/t16-,18+/m0/s1. The Bertz CT molecular complexity index is 675. The van der Waals surface area contributed by atoms with Gasteiger partial charge in [0.2, 0.25) is 11.9 Å². The number of carbonyl (C=O) groups excluding carboxylic acids is 1. The second kappa shape index (κ2) is 7.72. The molecule has 0 spiro atoms. The van der Waals surface area contributed by atoms with E-state index in [0.29, 0.717) is 30.2 Å². The lowest BCUT2D eigenvalue weighted by Crippen LogP contribution is -2.56. The van der Waals surface area contributed by atoms with Gasteiger partial charge in [0.05, 0.1) is 12.4 Å². The minimum Gasteiger partial charge on any atom is -0.340 e. The zero-order valence-electron chi connectivity index (χ0n) is 15.2. The van der Waals surface area contributed by atoms with Gasteiger partial charge in [-0.25, -0.2) is 14.4 Å². The molecular weight excluding hydrogens is 331 g/mol. The first-order valence-electron chi connectivity index (χ1n) is 9.90. The molecule has 4 rings (SSSR count). The Morgan fingerprint density at radius 2 is 2.00 bits per heavy atom. The molecule has 2 atom stereocenters. The fraction of sp³-hybridized carbons (Fsp3) is 0.650. The van der Waals surface area contributed by atoms with E-state index in [2.05, 4.69) is 25.8 Å². The average Bonchev–Trinajstić information content (AvgIpc) is 2.68. The van der Waals surface area contributed by atoms with Crippen molar-refractivity contribution in [2.75, 3.05) is 24.5 Å². The second-order valence-electron chi connectivity index (χ2n) is 7.75. The summed E-state index contributed by atoms with van der Waals surface area (Å²) in [5.74, 6) is 0.959. The van der Waals surface area contributed by atoms with E-state index in [4.69, 9.17) is 0 Å². The van der Waals surface area contributed by atoms with Crippen LogP contribution in [0.3, 0.4) is 0 Å². The van der Waals surface area contributed by atoms with Gasteiger partial charge >= 0.3 is 0 Å². The number of likely N-dealkylation sites (tertiary alicyclic amines) is 1. The van der Waals surface area contributed by atoms with E-state index in [0.717, 1.165) is 38.9 Å². The summed E-state index contributed by atoms with van der Waals surface area (Å²) in [5.41, 5.74) is 1.53. The maximum Gasteiger partial charge on any atom is 0.225 e. The zero-order valence-corrected chi connectivity index (χ0v) is 15.2. The number of anilines is 1. The maximum absolute atomic E-state index is 13.1. The van der Waals surface area contributed by atoms with Crippen molar-refractivity contribution in [3.05, 3.63) is 29.9 Å². The van der Waals surface area contributed by atoms with E-state index in [1.54, 1.807) is 0 Å². The number of carbonyl (C=O) groups is 1. The molecule has 1 aromatic rings. The fourth-order valence-corrected chi connectivity index (χ4v) is 4.69. The quantitative estimate of drug-likeness (QED) is 0.775. The van der Waals surface area contributed by atoms with Crippen molar-refractivity contribution in [3.63, 3.8) is 0 Å². The molecule has 1 aromatic heterocycles. The first kappa shape index (κ1) is 17.4. The monoisotopic (exact) mass is 358 g/mol. The van der Waals surface area contributed by atoms with Crippen LogP contribution < -0.4 is 4.90 Å². The lowest BCUT2D eigenvalue weighted by atomic mass is 9.83. The third-order valence-electron chi connectivity index (χ3n) is 6.09. The van der Waals surface area contributed by atoms with Gasteiger partial charge in [-0.1, -0.05) is 11.6 Å². The first-order valence-corrected chi connectivity index (χ1v) is 9.90. The molecule has 2 fully saturated rings. The van der Waals surface area contributed by atoms with Crippen molar-refractivity contribution in [3.8, 4) is 0 Å². The van der Waals surface area contributed by atoms with Gasteiger partial charge in [-0.2, -0.15) is 0 Å². The Balaban J connectivity index is 1.40. The number of piperidine rings is 2. The number of halogens is 1. The molecule has 1 amide bonds. The summed E-state index contributed by atoms with van der Waals surface area (Å²) >= 11 is 0. The van der Waals surface area contributed by atoms with Crippen LogP contribution in [0.5, 0.6) is 0 Å². The number of amides is 1. The van der Waals surface area contributed by atoms with E-state index in [-0.39, 0.29) is 0 Å². The van der Waals surface area contributed by atoms with Crippen LogP contribution in [0, 0.1) is 11.7 Å². The van der Waals surface area contributed by atoms with Crippen molar-refractivity contribution in [2.45, 2.75) is 57.4 Å².